The fraction of sp³-hybridized carbons (Fsp3) is 0.143. The van der Waals surface area contributed by atoms with Crippen molar-refractivity contribution in [1.29, 1.82) is 0 Å². The van der Waals surface area contributed by atoms with Crippen molar-refractivity contribution in [2.45, 2.75) is 4.90 Å². The fourth-order valence-electron chi connectivity index (χ4n) is 3.59. The van der Waals surface area contributed by atoms with E-state index in [0.717, 1.165) is 31.5 Å². The molecular weight excluding hydrogens is 450 g/mol. The molecular formula is C21H17N5O6S. The Kier molecular flexibility index (Phi) is 5.60. The van der Waals surface area contributed by atoms with E-state index in [-0.39, 0.29) is 44.1 Å². The van der Waals surface area contributed by atoms with Crippen LogP contribution in [0.2, 0.25) is 0 Å². The van der Waals surface area contributed by atoms with Gasteiger partial charge in [0, 0.05) is 5.56 Å². The molecule has 0 spiro atoms. The van der Waals surface area contributed by atoms with Gasteiger partial charge in [0.15, 0.2) is 11.3 Å². The molecule has 11 nitrogen and oxygen atoms in total. The maximum Gasteiger partial charge on any atom is 0.357 e. The number of anilines is 1. The number of hydrogen-bond donors (Lipinski definition) is 1. The summed E-state index contributed by atoms with van der Waals surface area (Å²) in [6, 6.07) is 10.6. The summed E-state index contributed by atoms with van der Waals surface area (Å²) in [5, 5.41) is 16.7. The van der Waals surface area contributed by atoms with Crippen LogP contribution in [0.5, 0.6) is 0 Å². The van der Waals surface area contributed by atoms with E-state index in [1.165, 1.54) is 4.52 Å². The summed E-state index contributed by atoms with van der Waals surface area (Å²) in [6.07, 6.45) is 1.64. The second-order valence-electron chi connectivity index (χ2n) is 6.76. The predicted octanol–water partition coefficient (Wildman–Crippen LogP) is 3.34. The van der Waals surface area contributed by atoms with Crippen LogP contribution in [-0.2, 0) is 9.47 Å². The molecule has 2 N–H and O–H groups in total. The van der Waals surface area contributed by atoms with Gasteiger partial charge in [-0.1, -0.05) is 30.3 Å². The van der Waals surface area contributed by atoms with E-state index in [4.69, 9.17) is 15.2 Å². The number of fused-ring (bicyclic) bond motifs is 3. The number of carbonyl (C=O) groups excluding carboxylic acids is 2. The molecule has 0 aliphatic rings. The van der Waals surface area contributed by atoms with Crippen LogP contribution in [0, 0.1) is 10.1 Å². The minimum Gasteiger partial charge on any atom is -0.465 e. The Morgan fingerprint density at radius 2 is 1.82 bits per heavy atom. The number of benzene rings is 1. The van der Waals surface area contributed by atoms with Crippen molar-refractivity contribution in [3.63, 3.8) is 0 Å². The fourth-order valence-corrected chi connectivity index (χ4v) is 4.37. The first-order valence-corrected chi connectivity index (χ1v) is 10.7. The van der Waals surface area contributed by atoms with Crippen LogP contribution in [0.15, 0.2) is 41.3 Å². The number of ether oxygens (including phenoxy) is 2. The molecule has 0 saturated carbocycles. The number of thioether (sulfide) groups is 1. The molecule has 33 heavy (non-hydrogen) atoms. The molecule has 0 atom stereocenters. The summed E-state index contributed by atoms with van der Waals surface area (Å²) in [7, 11) is 2.25. The minimum absolute atomic E-state index is 0.0627. The van der Waals surface area contributed by atoms with Crippen LogP contribution in [0.1, 0.15) is 20.8 Å². The Labute approximate surface area is 190 Å². The van der Waals surface area contributed by atoms with Crippen molar-refractivity contribution in [3.05, 3.63) is 57.8 Å². The van der Waals surface area contributed by atoms with Crippen molar-refractivity contribution >= 4 is 51.6 Å². The number of hydrogen-bond acceptors (Lipinski definition) is 10. The van der Waals surface area contributed by atoms with Gasteiger partial charge in [0.1, 0.15) is 16.0 Å². The first-order chi connectivity index (χ1) is 15.8. The van der Waals surface area contributed by atoms with Crippen molar-refractivity contribution in [3.8, 4) is 11.3 Å². The Bertz CT molecular complexity index is 1450. The number of carbonyl (C=O) groups is 2. The van der Waals surface area contributed by atoms with E-state index in [1.807, 2.05) is 30.3 Å². The van der Waals surface area contributed by atoms with E-state index in [1.54, 1.807) is 12.3 Å². The van der Waals surface area contributed by atoms with E-state index >= 15 is 0 Å². The predicted molar refractivity (Wildman–Crippen MR) is 121 cm³/mol. The second-order valence-corrected chi connectivity index (χ2v) is 7.58. The number of methoxy groups -OCH3 is 2. The summed E-state index contributed by atoms with van der Waals surface area (Å²) in [5.74, 6) is -1.85. The zero-order chi connectivity index (χ0) is 23.9. The number of rotatable bonds is 5. The molecule has 4 rings (SSSR count). The van der Waals surface area contributed by atoms with Crippen LogP contribution in [0.4, 0.5) is 11.4 Å². The molecule has 0 bridgehead atoms. The molecule has 0 aliphatic carbocycles. The van der Waals surface area contributed by atoms with E-state index < -0.39 is 16.9 Å². The van der Waals surface area contributed by atoms with E-state index in [9.17, 15) is 19.7 Å². The zero-order valence-corrected chi connectivity index (χ0v) is 18.5. The molecule has 0 radical (unpaired) electrons. The van der Waals surface area contributed by atoms with Crippen molar-refractivity contribution < 1.29 is 24.0 Å². The summed E-state index contributed by atoms with van der Waals surface area (Å²) >= 11 is 1.06. The lowest BCUT2D eigenvalue weighted by molar-refractivity contribution is -0.386. The molecule has 4 aromatic rings. The van der Waals surface area contributed by atoms with Gasteiger partial charge < -0.3 is 15.2 Å². The lowest BCUT2D eigenvalue weighted by Crippen LogP contribution is -2.18. The van der Waals surface area contributed by atoms with Crippen LogP contribution in [0.25, 0.3) is 27.8 Å². The number of nitrogens with zero attached hydrogens (tertiary/aromatic N) is 4. The average molecular weight is 467 g/mol. The summed E-state index contributed by atoms with van der Waals surface area (Å²) < 4.78 is 10.8. The summed E-state index contributed by atoms with van der Waals surface area (Å²) in [4.78, 5) is 41.0. The van der Waals surface area contributed by atoms with Gasteiger partial charge in [0.05, 0.1) is 35.9 Å². The van der Waals surface area contributed by atoms with Gasteiger partial charge in [-0.3, -0.25) is 10.1 Å². The van der Waals surface area contributed by atoms with Crippen molar-refractivity contribution in [1.82, 2.24) is 14.6 Å². The number of pyridine rings is 2. The van der Waals surface area contributed by atoms with Gasteiger partial charge in [-0.05, 0) is 12.3 Å². The third-order valence-electron chi connectivity index (χ3n) is 5.04. The molecule has 0 saturated heterocycles. The monoisotopic (exact) mass is 467 g/mol. The van der Waals surface area contributed by atoms with Gasteiger partial charge >= 0.3 is 17.6 Å². The largest absolute Gasteiger partial charge is 0.465 e. The average Bonchev–Trinajstić information content (AvgIpc) is 3.27. The third kappa shape index (κ3) is 3.40. The standard InChI is InChI=1S/C21H17N5O6S/c1-31-20(27)13-15(22)14-18(33-3)17(26(29)30)12-9-11(10-7-5-4-6-8-10)24-25(12)19(14)23-16(13)21(28)32-2/h4-9H,1-3H3,(H2,22,23). The number of esters is 2. The van der Waals surface area contributed by atoms with E-state index in [0.29, 0.717) is 5.69 Å². The van der Waals surface area contributed by atoms with Gasteiger partial charge in [0.25, 0.3) is 0 Å². The Balaban J connectivity index is 2.25. The van der Waals surface area contributed by atoms with Gasteiger partial charge in [-0.2, -0.15) is 5.10 Å². The molecule has 0 fully saturated rings. The van der Waals surface area contributed by atoms with Crippen LogP contribution in [-0.4, -0.2) is 51.9 Å². The highest BCUT2D eigenvalue weighted by Gasteiger charge is 2.32. The first kappa shape index (κ1) is 22.0. The van der Waals surface area contributed by atoms with Gasteiger partial charge in [-0.25, -0.2) is 19.1 Å². The van der Waals surface area contributed by atoms with Crippen molar-refractivity contribution in [2.24, 2.45) is 0 Å². The number of nitrogen functional groups attached to an aromatic ring is 1. The molecule has 0 aliphatic heterocycles. The van der Waals surface area contributed by atoms with Gasteiger partial charge in [-0.15, -0.1) is 11.8 Å². The minimum atomic E-state index is -0.928. The molecule has 3 heterocycles. The number of nitro groups is 1. The quantitative estimate of drug-likeness (QED) is 0.200. The lowest BCUT2D eigenvalue weighted by atomic mass is 10.1. The number of aromatic nitrogens is 3. The lowest BCUT2D eigenvalue weighted by Gasteiger charge is -2.15. The highest BCUT2D eigenvalue weighted by molar-refractivity contribution is 7.99. The second kappa shape index (κ2) is 8.39. The Morgan fingerprint density at radius 3 is 2.39 bits per heavy atom. The molecule has 3 aromatic heterocycles. The normalized spacial score (nSPS) is 11.0. The maximum absolute atomic E-state index is 12.5. The third-order valence-corrected chi connectivity index (χ3v) is 5.84. The van der Waals surface area contributed by atoms with Crippen LogP contribution < -0.4 is 5.73 Å². The first-order valence-electron chi connectivity index (χ1n) is 9.43. The number of nitrogens with two attached hydrogens (primary N) is 1. The molecule has 1 aromatic carbocycles. The highest BCUT2D eigenvalue weighted by atomic mass is 32.2. The van der Waals surface area contributed by atoms with Crippen LogP contribution >= 0.6 is 11.8 Å². The zero-order valence-electron chi connectivity index (χ0n) is 17.7. The maximum atomic E-state index is 12.5. The highest BCUT2D eigenvalue weighted by Crippen LogP contribution is 2.43. The Morgan fingerprint density at radius 1 is 1.15 bits per heavy atom. The molecule has 0 unspecified atom stereocenters. The SMILES string of the molecule is COC(=O)c1nc2c(c(N)c1C(=O)OC)c(SC)c([N+](=O)[O-])c1cc(-c3ccccc3)nn12. The smallest absolute Gasteiger partial charge is 0.357 e. The topological polar surface area (TPSA) is 152 Å². The molecule has 168 valence electrons. The Hall–Kier alpha value is -4.19. The summed E-state index contributed by atoms with van der Waals surface area (Å²) in [6.45, 7) is 0. The van der Waals surface area contributed by atoms with Crippen molar-refractivity contribution in [2.75, 3.05) is 26.2 Å². The molecule has 12 heteroatoms. The molecule has 0 amide bonds. The van der Waals surface area contributed by atoms with Crippen LogP contribution in [0.3, 0.4) is 0 Å². The van der Waals surface area contributed by atoms with E-state index in [2.05, 4.69) is 10.1 Å². The summed E-state index contributed by atoms with van der Waals surface area (Å²) in [5.41, 5.74) is 6.55. The van der Waals surface area contributed by atoms with Gasteiger partial charge in [0.2, 0.25) is 0 Å².